The fourth-order valence-electron chi connectivity index (χ4n) is 1.36. The van der Waals surface area contributed by atoms with E-state index in [1.54, 1.807) is 18.2 Å². The summed E-state index contributed by atoms with van der Waals surface area (Å²) in [6.07, 6.45) is 1.38. The summed E-state index contributed by atoms with van der Waals surface area (Å²) in [6.45, 7) is 0. The third-order valence-electron chi connectivity index (χ3n) is 2.26. The molecule has 2 nitrogen and oxygen atoms in total. The number of hydrogen-bond donors (Lipinski definition) is 1. The van der Waals surface area contributed by atoms with Gasteiger partial charge in [0.05, 0.1) is 5.02 Å². The maximum Gasteiger partial charge on any atom is 0.167 e. The minimum Gasteiger partial charge on any atom is -0.507 e. The van der Waals surface area contributed by atoms with Crippen LogP contribution in [0.3, 0.4) is 0 Å². The van der Waals surface area contributed by atoms with E-state index in [1.165, 1.54) is 24.4 Å². The van der Waals surface area contributed by atoms with Crippen LogP contribution in [0.4, 0.5) is 10.1 Å². The third kappa shape index (κ3) is 2.89. The van der Waals surface area contributed by atoms with Crippen molar-refractivity contribution in [3.05, 3.63) is 57.3 Å². The van der Waals surface area contributed by atoms with Crippen LogP contribution in [0.25, 0.3) is 0 Å². The molecule has 2 aromatic rings. The van der Waals surface area contributed by atoms with E-state index >= 15 is 0 Å². The minimum atomic E-state index is -0.579. The summed E-state index contributed by atoms with van der Waals surface area (Å²) in [7, 11) is 0. The number of aromatic hydroxyl groups is 1. The van der Waals surface area contributed by atoms with E-state index < -0.39 is 5.82 Å². The highest BCUT2D eigenvalue weighted by molar-refractivity contribution is 9.10. The van der Waals surface area contributed by atoms with E-state index in [4.69, 9.17) is 11.6 Å². The summed E-state index contributed by atoms with van der Waals surface area (Å²) < 4.78 is 14.4. The molecule has 0 unspecified atom stereocenters. The summed E-state index contributed by atoms with van der Waals surface area (Å²) >= 11 is 8.93. The smallest absolute Gasteiger partial charge is 0.167 e. The molecule has 0 bridgehead atoms. The number of phenolic OH excluding ortho intramolecular Hbond substituents is 1. The predicted molar refractivity (Wildman–Crippen MR) is 74.5 cm³/mol. The summed E-state index contributed by atoms with van der Waals surface area (Å²) in [5.41, 5.74) is 0.616. The van der Waals surface area contributed by atoms with Crippen molar-refractivity contribution < 1.29 is 9.50 Å². The Morgan fingerprint density at radius 2 is 2.06 bits per heavy atom. The van der Waals surface area contributed by atoms with Gasteiger partial charge in [-0.1, -0.05) is 33.6 Å². The normalized spacial score (nSPS) is 11.1. The zero-order valence-corrected chi connectivity index (χ0v) is 11.4. The molecule has 18 heavy (non-hydrogen) atoms. The molecule has 0 aliphatic heterocycles. The van der Waals surface area contributed by atoms with Gasteiger partial charge < -0.3 is 5.11 Å². The van der Waals surface area contributed by atoms with Crippen molar-refractivity contribution in [2.75, 3.05) is 0 Å². The molecule has 0 aromatic heterocycles. The van der Waals surface area contributed by atoms with E-state index in [1.807, 2.05) is 0 Å². The monoisotopic (exact) mass is 327 g/mol. The van der Waals surface area contributed by atoms with Gasteiger partial charge in [-0.3, -0.25) is 4.99 Å². The van der Waals surface area contributed by atoms with Crippen LogP contribution in [0.1, 0.15) is 5.56 Å². The van der Waals surface area contributed by atoms with Crippen molar-refractivity contribution in [3.8, 4) is 5.75 Å². The molecular formula is C13H8BrClFNO. The van der Waals surface area contributed by atoms with Crippen molar-refractivity contribution in [1.29, 1.82) is 0 Å². The molecule has 0 saturated heterocycles. The predicted octanol–water partition coefficient (Wildman–Crippen LogP) is 4.70. The van der Waals surface area contributed by atoms with Crippen molar-refractivity contribution >= 4 is 39.4 Å². The molecule has 1 N–H and O–H groups in total. The Hall–Kier alpha value is -1.39. The lowest BCUT2D eigenvalue weighted by atomic mass is 10.2. The molecule has 0 radical (unpaired) electrons. The van der Waals surface area contributed by atoms with E-state index in [-0.39, 0.29) is 16.5 Å². The van der Waals surface area contributed by atoms with Gasteiger partial charge in [-0.25, -0.2) is 4.39 Å². The number of halogens is 3. The third-order valence-corrected chi connectivity index (χ3v) is 3.05. The molecule has 0 aliphatic rings. The topological polar surface area (TPSA) is 32.6 Å². The highest BCUT2D eigenvalue weighted by atomic mass is 79.9. The molecule has 0 fully saturated rings. The average Bonchev–Trinajstić information content (AvgIpc) is 2.35. The Kier molecular flexibility index (Phi) is 3.99. The van der Waals surface area contributed by atoms with Gasteiger partial charge in [-0.05, 0) is 30.3 Å². The van der Waals surface area contributed by atoms with E-state index in [0.29, 0.717) is 5.56 Å². The van der Waals surface area contributed by atoms with Crippen LogP contribution < -0.4 is 0 Å². The second-order valence-electron chi connectivity index (χ2n) is 3.53. The number of phenols is 1. The molecule has 0 saturated carbocycles. The van der Waals surface area contributed by atoms with Crippen LogP contribution in [0.15, 0.2) is 45.9 Å². The van der Waals surface area contributed by atoms with Gasteiger partial charge in [-0.15, -0.1) is 0 Å². The van der Waals surface area contributed by atoms with Gasteiger partial charge in [0.15, 0.2) is 5.82 Å². The van der Waals surface area contributed by atoms with Crippen molar-refractivity contribution in [1.82, 2.24) is 0 Å². The number of hydrogen-bond acceptors (Lipinski definition) is 2. The highest BCUT2D eigenvalue weighted by Crippen LogP contribution is 2.25. The van der Waals surface area contributed by atoms with Crippen LogP contribution in [0.2, 0.25) is 5.02 Å². The second-order valence-corrected chi connectivity index (χ2v) is 4.86. The lowest BCUT2D eigenvalue weighted by Crippen LogP contribution is -1.84. The Balaban J connectivity index is 2.36. The number of benzene rings is 2. The van der Waals surface area contributed by atoms with Gasteiger partial charge in [0.2, 0.25) is 0 Å². The highest BCUT2D eigenvalue weighted by Gasteiger charge is 2.04. The number of rotatable bonds is 2. The molecular weight excluding hydrogens is 321 g/mol. The number of aliphatic imine (C=N–C) groups is 1. The largest absolute Gasteiger partial charge is 0.507 e. The summed E-state index contributed by atoms with van der Waals surface area (Å²) in [4.78, 5) is 3.97. The van der Waals surface area contributed by atoms with Crippen LogP contribution in [0, 0.1) is 5.82 Å². The van der Waals surface area contributed by atoms with Gasteiger partial charge in [0.25, 0.3) is 0 Å². The van der Waals surface area contributed by atoms with Crippen LogP contribution in [-0.2, 0) is 0 Å². The molecule has 0 amide bonds. The maximum absolute atomic E-state index is 13.6. The molecule has 0 aliphatic carbocycles. The van der Waals surface area contributed by atoms with E-state index in [9.17, 15) is 9.50 Å². The van der Waals surface area contributed by atoms with Crippen molar-refractivity contribution in [3.63, 3.8) is 0 Å². The molecule has 0 atom stereocenters. The Morgan fingerprint density at radius 3 is 2.83 bits per heavy atom. The zero-order valence-electron chi connectivity index (χ0n) is 9.07. The van der Waals surface area contributed by atoms with E-state index in [0.717, 1.165) is 4.47 Å². The first-order valence-corrected chi connectivity index (χ1v) is 6.21. The first-order chi connectivity index (χ1) is 8.58. The quantitative estimate of drug-likeness (QED) is 0.796. The van der Waals surface area contributed by atoms with Crippen molar-refractivity contribution in [2.45, 2.75) is 0 Å². The summed E-state index contributed by atoms with van der Waals surface area (Å²) in [5.74, 6) is -0.505. The van der Waals surface area contributed by atoms with E-state index in [2.05, 4.69) is 20.9 Å². The fraction of sp³-hybridized carbons (Fsp3) is 0. The molecule has 2 aromatic carbocycles. The number of nitrogens with zero attached hydrogens (tertiary/aromatic N) is 1. The SMILES string of the molecule is Oc1ccc(Br)cc1C=Nc1cccc(Cl)c1F. The minimum absolute atomic E-state index is 0.0168. The second kappa shape index (κ2) is 5.50. The summed E-state index contributed by atoms with van der Waals surface area (Å²) in [6, 6.07) is 9.48. The molecule has 0 spiro atoms. The maximum atomic E-state index is 13.6. The van der Waals surface area contributed by atoms with Crippen molar-refractivity contribution in [2.24, 2.45) is 4.99 Å². The van der Waals surface area contributed by atoms with Crippen LogP contribution in [-0.4, -0.2) is 11.3 Å². The molecule has 92 valence electrons. The Labute approximate surface area is 117 Å². The zero-order chi connectivity index (χ0) is 13.1. The summed E-state index contributed by atoms with van der Waals surface area (Å²) in [5, 5.41) is 9.62. The van der Waals surface area contributed by atoms with Gasteiger partial charge >= 0.3 is 0 Å². The van der Waals surface area contributed by atoms with Gasteiger partial charge in [0, 0.05) is 16.3 Å². The molecule has 0 heterocycles. The van der Waals surface area contributed by atoms with Gasteiger partial charge in [-0.2, -0.15) is 0 Å². The Morgan fingerprint density at radius 1 is 1.28 bits per heavy atom. The standard InChI is InChI=1S/C13H8BrClFNO/c14-9-4-5-12(18)8(6-9)7-17-11-3-1-2-10(15)13(11)16/h1-7,18H. The molecule has 5 heteroatoms. The first kappa shape index (κ1) is 13.1. The molecule has 2 rings (SSSR count). The van der Waals surface area contributed by atoms with Gasteiger partial charge in [0.1, 0.15) is 11.4 Å². The lowest BCUT2D eigenvalue weighted by Gasteiger charge is -2.00. The van der Waals surface area contributed by atoms with Crippen LogP contribution >= 0.6 is 27.5 Å². The lowest BCUT2D eigenvalue weighted by molar-refractivity contribution is 0.474. The first-order valence-electron chi connectivity index (χ1n) is 5.04. The Bertz CT molecular complexity index is 612. The fourth-order valence-corrected chi connectivity index (χ4v) is 1.91. The average molecular weight is 329 g/mol. The van der Waals surface area contributed by atoms with Crippen LogP contribution in [0.5, 0.6) is 5.75 Å².